The van der Waals surface area contributed by atoms with E-state index in [1.165, 1.54) is 17.8 Å². The maximum Gasteiger partial charge on any atom is 0.200 e. The molecule has 2 nitrogen and oxygen atoms in total. The van der Waals surface area contributed by atoms with Gasteiger partial charge in [0.15, 0.2) is 23.3 Å². The maximum atomic E-state index is 14.5. The Kier molecular flexibility index (Phi) is 4.30. The van der Waals surface area contributed by atoms with E-state index in [9.17, 15) is 22.0 Å². The third-order valence-corrected chi connectivity index (χ3v) is 5.25. The zero-order chi connectivity index (χ0) is 19.3. The summed E-state index contributed by atoms with van der Waals surface area (Å²) < 4.78 is 69.9. The number of aromatic nitrogens is 1. The van der Waals surface area contributed by atoms with E-state index in [-0.39, 0.29) is 11.3 Å². The zero-order valence-electron chi connectivity index (χ0n) is 13.8. The molecule has 1 aromatic heterocycles. The van der Waals surface area contributed by atoms with Crippen LogP contribution < -0.4 is 5.32 Å². The molecule has 0 aliphatic carbocycles. The van der Waals surface area contributed by atoms with E-state index in [0.29, 0.717) is 22.2 Å². The molecule has 1 aliphatic heterocycles. The van der Waals surface area contributed by atoms with Crippen molar-refractivity contribution < 1.29 is 22.0 Å². The normalized spacial score (nSPS) is 12.8. The van der Waals surface area contributed by atoms with Crippen molar-refractivity contribution in [2.24, 2.45) is 0 Å². The second-order valence-electron chi connectivity index (χ2n) is 5.96. The summed E-state index contributed by atoms with van der Waals surface area (Å²) in [4.78, 5) is 5.00. The summed E-state index contributed by atoms with van der Waals surface area (Å²) in [5.74, 6) is -8.90. The van der Waals surface area contributed by atoms with Gasteiger partial charge < -0.3 is 5.32 Å². The number of benzene rings is 2. The van der Waals surface area contributed by atoms with E-state index in [2.05, 4.69) is 10.3 Å². The minimum absolute atomic E-state index is 0.144. The van der Waals surface area contributed by atoms with Crippen LogP contribution in [0.15, 0.2) is 35.2 Å². The van der Waals surface area contributed by atoms with Gasteiger partial charge in [-0.05, 0) is 18.6 Å². The highest BCUT2D eigenvalue weighted by Crippen LogP contribution is 2.43. The second-order valence-corrected chi connectivity index (χ2v) is 6.97. The van der Waals surface area contributed by atoms with E-state index in [0.717, 1.165) is 5.56 Å². The maximum absolute atomic E-state index is 14.5. The fourth-order valence-electron chi connectivity index (χ4n) is 2.99. The smallest absolute Gasteiger partial charge is 0.200 e. The molecule has 4 rings (SSSR count). The minimum atomic E-state index is -2.18. The molecule has 138 valence electrons. The molecule has 0 saturated carbocycles. The average molecular weight is 394 g/mol. The Labute approximate surface area is 155 Å². The van der Waals surface area contributed by atoms with Crippen LogP contribution in [0.25, 0.3) is 22.4 Å². The van der Waals surface area contributed by atoms with Gasteiger partial charge in [-0.2, -0.15) is 0 Å². The van der Waals surface area contributed by atoms with Crippen LogP contribution in [0.2, 0.25) is 0 Å². The summed E-state index contributed by atoms with van der Waals surface area (Å²) >= 11 is 1.33. The molecule has 0 spiro atoms. The molecule has 3 aromatic rings. The van der Waals surface area contributed by atoms with Crippen LogP contribution in [0.4, 0.5) is 27.8 Å². The predicted octanol–water partition coefficient (Wildman–Crippen LogP) is 5.89. The van der Waals surface area contributed by atoms with E-state index < -0.39 is 34.6 Å². The van der Waals surface area contributed by atoms with Crippen molar-refractivity contribution in [1.82, 2.24) is 4.98 Å². The van der Waals surface area contributed by atoms with Crippen molar-refractivity contribution in [3.8, 4) is 22.4 Å². The first-order valence-corrected chi connectivity index (χ1v) is 8.88. The molecule has 1 N–H and O–H groups in total. The zero-order valence-corrected chi connectivity index (χ0v) is 14.7. The van der Waals surface area contributed by atoms with Crippen molar-refractivity contribution in [2.45, 2.75) is 11.8 Å². The van der Waals surface area contributed by atoms with Gasteiger partial charge in [0, 0.05) is 11.1 Å². The van der Waals surface area contributed by atoms with Crippen molar-refractivity contribution >= 4 is 17.6 Å². The molecule has 0 unspecified atom stereocenters. The van der Waals surface area contributed by atoms with Gasteiger partial charge in [-0.15, -0.1) is 11.8 Å². The lowest BCUT2D eigenvalue weighted by Gasteiger charge is -2.15. The summed E-state index contributed by atoms with van der Waals surface area (Å²) in [7, 11) is 0. The van der Waals surface area contributed by atoms with Crippen LogP contribution in [0.1, 0.15) is 5.56 Å². The van der Waals surface area contributed by atoms with Crippen molar-refractivity contribution in [1.29, 1.82) is 0 Å². The Balaban J connectivity index is 2.10. The molecular formula is C19H11F5N2S. The molecule has 0 radical (unpaired) electrons. The topological polar surface area (TPSA) is 24.9 Å². The number of nitrogens with one attached hydrogen (secondary N) is 1. The van der Waals surface area contributed by atoms with Crippen molar-refractivity contribution in [3.63, 3.8) is 0 Å². The second kappa shape index (κ2) is 6.53. The van der Waals surface area contributed by atoms with Gasteiger partial charge in [0.05, 0.1) is 22.0 Å². The molecule has 0 bridgehead atoms. The van der Waals surface area contributed by atoms with Crippen LogP contribution in [0, 0.1) is 36.0 Å². The number of fused-ring (bicyclic) bond motifs is 1. The number of anilines is 1. The number of rotatable bonds is 2. The SMILES string of the molecule is Cc1ccccc1-c1nc2c(cc1-c1c(F)c(F)c(F)c(F)c1F)SCN2. The van der Waals surface area contributed by atoms with Gasteiger partial charge in [-0.3, -0.25) is 0 Å². The Morgan fingerprint density at radius 2 is 1.52 bits per heavy atom. The number of halogens is 5. The lowest BCUT2D eigenvalue weighted by molar-refractivity contribution is 0.381. The average Bonchev–Trinajstić information content (AvgIpc) is 3.12. The Morgan fingerprint density at radius 1 is 0.889 bits per heavy atom. The molecule has 0 saturated heterocycles. The molecular weight excluding hydrogens is 383 g/mol. The lowest BCUT2D eigenvalue weighted by Crippen LogP contribution is -2.06. The van der Waals surface area contributed by atoms with Crippen LogP contribution in [-0.4, -0.2) is 10.9 Å². The first-order valence-electron chi connectivity index (χ1n) is 7.89. The first kappa shape index (κ1) is 17.8. The fraction of sp³-hybridized carbons (Fsp3) is 0.105. The largest absolute Gasteiger partial charge is 0.360 e. The standard InChI is InChI=1S/C19H11F5N2S/c1-8-4-2-3-5-9(8)18-10(6-11-19(26-18)25-7-27-11)12-13(20)15(22)17(24)16(23)14(12)21/h2-6H,7H2,1H3,(H,25,26). The van der Waals surface area contributed by atoms with Gasteiger partial charge >= 0.3 is 0 Å². The van der Waals surface area contributed by atoms with Crippen LogP contribution >= 0.6 is 11.8 Å². The van der Waals surface area contributed by atoms with Gasteiger partial charge in [-0.25, -0.2) is 26.9 Å². The number of thioether (sulfide) groups is 1. The third-order valence-electron chi connectivity index (χ3n) is 4.33. The Morgan fingerprint density at radius 3 is 2.19 bits per heavy atom. The van der Waals surface area contributed by atoms with E-state index in [4.69, 9.17) is 0 Å². The first-order chi connectivity index (χ1) is 12.9. The highest BCUT2D eigenvalue weighted by molar-refractivity contribution is 7.99. The van der Waals surface area contributed by atoms with E-state index in [1.807, 2.05) is 0 Å². The lowest BCUT2D eigenvalue weighted by atomic mass is 9.95. The van der Waals surface area contributed by atoms with Crippen LogP contribution in [0.3, 0.4) is 0 Å². The molecule has 0 fully saturated rings. The molecule has 2 heterocycles. The molecule has 1 aliphatic rings. The van der Waals surface area contributed by atoms with Gasteiger partial charge in [-0.1, -0.05) is 24.3 Å². The minimum Gasteiger partial charge on any atom is -0.360 e. The van der Waals surface area contributed by atoms with Gasteiger partial charge in [0.25, 0.3) is 0 Å². The summed E-state index contributed by atoms with van der Waals surface area (Å²) in [6.07, 6.45) is 0. The van der Waals surface area contributed by atoms with Crippen molar-refractivity contribution in [3.05, 3.63) is 65.0 Å². The monoisotopic (exact) mass is 394 g/mol. The van der Waals surface area contributed by atoms with E-state index in [1.54, 1.807) is 31.2 Å². The number of nitrogens with zero attached hydrogens (tertiary/aromatic N) is 1. The number of pyridine rings is 1. The summed E-state index contributed by atoms with van der Waals surface area (Å²) in [5, 5.41) is 3.03. The van der Waals surface area contributed by atoms with Crippen molar-refractivity contribution in [2.75, 3.05) is 11.2 Å². The Hall–Kier alpha value is -2.61. The highest BCUT2D eigenvalue weighted by atomic mass is 32.2. The van der Waals surface area contributed by atoms with Gasteiger partial charge in [0.2, 0.25) is 5.82 Å². The number of aryl methyl sites for hydroxylation is 1. The summed E-state index contributed by atoms with van der Waals surface area (Å²) in [6, 6.07) is 8.35. The molecule has 0 atom stereocenters. The predicted molar refractivity (Wildman–Crippen MR) is 94.0 cm³/mol. The van der Waals surface area contributed by atoms with E-state index >= 15 is 0 Å². The molecule has 0 amide bonds. The molecule has 27 heavy (non-hydrogen) atoms. The number of hydrogen-bond donors (Lipinski definition) is 1. The quantitative estimate of drug-likeness (QED) is 0.333. The third kappa shape index (κ3) is 2.75. The fourth-order valence-corrected chi connectivity index (χ4v) is 3.81. The van der Waals surface area contributed by atoms with Crippen LogP contribution in [0.5, 0.6) is 0 Å². The Bertz CT molecular complexity index is 1060. The van der Waals surface area contributed by atoms with Gasteiger partial charge in [0.1, 0.15) is 5.82 Å². The highest BCUT2D eigenvalue weighted by Gasteiger charge is 2.30. The number of hydrogen-bond acceptors (Lipinski definition) is 3. The summed E-state index contributed by atoms with van der Waals surface area (Å²) in [6.45, 7) is 1.77. The molecule has 2 aromatic carbocycles. The molecule has 8 heteroatoms. The summed E-state index contributed by atoms with van der Waals surface area (Å²) in [5.41, 5.74) is 0.309. The van der Waals surface area contributed by atoms with Crippen LogP contribution in [-0.2, 0) is 0 Å².